The molecule has 2 rings (SSSR count). The Morgan fingerprint density at radius 2 is 2.31 bits per heavy atom. The Morgan fingerprint density at radius 3 is 2.88 bits per heavy atom. The van der Waals surface area contributed by atoms with E-state index in [1.165, 1.54) is 0 Å². The van der Waals surface area contributed by atoms with Crippen molar-refractivity contribution in [3.05, 3.63) is 40.9 Å². The minimum atomic E-state index is -0.886. The summed E-state index contributed by atoms with van der Waals surface area (Å²) in [4.78, 5) is 16.0. The number of rotatable bonds is 3. The van der Waals surface area contributed by atoms with Crippen LogP contribution in [0.2, 0.25) is 0 Å². The zero-order valence-electron chi connectivity index (χ0n) is 8.51. The van der Waals surface area contributed by atoms with E-state index in [2.05, 4.69) is 4.98 Å². The third-order valence-electron chi connectivity index (χ3n) is 2.04. The Bertz CT molecular complexity index is 509. The molecule has 0 unspecified atom stereocenters. The average Bonchev–Trinajstić information content (AvgIpc) is 2.70. The first-order chi connectivity index (χ1) is 7.66. The molecule has 0 amide bonds. The molecule has 1 heterocycles. The van der Waals surface area contributed by atoms with Crippen LogP contribution in [0.4, 0.5) is 0 Å². The molecule has 0 bridgehead atoms. The van der Waals surface area contributed by atoms with Gasteiger partial charge in [0, 0.05) is 16.5 Å². The summed E-state index contributed by atoms with van der Waals surface area (Å²) in [5.74, 6) is -0.886. The molecular formula is C11H9NO2S2. The number of hydrogen-bond acceptors (Lipinski definition) is 4. The summed E-state index contributed by atoms with van der Waals surface area (Å²) in [5.41, 5.74) is 1.12. The highest BCUT2D eigenvalue weighted by molar-refractivity contribution is 8.01. The second kappa shape index (κ2) is 4.67. The first kappa shape index (κ1) is 11.2. The van der Waals surface area contributed by atoms with E-state index < -0.39 is 5.97 Å². The zero-order chi connectivity index (χ0) is 11.5. The second-order valence-electron chi connectivity index (χ2n) is 3.18. The smallest absolute Gasteiger partial charge is 0.335 e. The molecule has 16 heavy (non-hydrogen) atoms. The maximum atomic E-state index is 10.8. The van der Waals surface area contributed by atoms with E-state index in [-0.39, 0.29) is 0 Å². The van der Waals surface area contributed by atoms with Gasteiger partial charge >= 0.3 is 5.97 Å². The molecule has 5 heteroatoms. The van der Waals surface area contributed by atoms with Crippen LogP contribution in [-0.2, 0) is 0 Å². The number of aromatic carboxylic acids is 1. The quantitative estimate of drug-likeness (QED) is 0.909. The van der Waals surface area contributed by atoms with Gasteiger partial charge in [0.05, 0.1) is 5.56 Å². The molecule has 0 fully saturated rings. The lowest BCUT2D eigenvalue weighted by Gasteiger charge is -2.03. The summed E-state index contributed by atoms with van der Waals surface area (Å²) in [5, 5.41) is 10.8. The van der Waals surface area contributed by atoms with Crippen LogP contribution in [0.3, 0.4) is 0 Å². The van der Waals surface area contributed by atoms with Gasteiger partial charge in [-0.05, 0) is 30.7 Å². The molecule has 82 valence electrons. The largest absolute Gasteiger partial charge is 0.478 e. The van der Waals surface area contributed by atoms with Crippen molar-refractivity contribution in [2.45, 2.75) is 16.2 Å². The summed E-state index contributed by atoms with van der Waals surface area (Å²) < 4.78 is 0.961. The molecule has 0 aliphatic carbocycles. The predicted molar refractivity (Wildman–Crippen MR) is 64.4 cm³/mol. The van der Waals surface area contributed by atoms with Crippen molar-refractivity contribution >= 4 is 29.1 Å². The highest BCUT2D eigenvalue weighted by atomic mass is 32.2. The van der Waals surface area contributed by atoms with E-state index in [4.69, 9.17) is 5.11 Å². The van der Waals surface area contributed by atoms with Crippen LogP contribution in [0.25, 0.3) is 0 Å². The van der Waals surface area contributed by atoms with Gasteiger partial charge in [0.25, 0.3) is 0 Å². The van der Waals surface area contributed by atoms with E-state index in [1.807, 2.05) is 17.5 Å². The van der Waals surface area contributed by atoms with E-state index >= 15 is 0 Å². The summed E-state index contributed by atoms with van der Waals surface area (Å²) in [6.45, 7) is 1.80. The van der Waals surface area contributed by atoms with Gasteiger partial charge in [-0.3, -0.25) is 0 Å². The molecular weight excluding hydrogens is 242 g/mol. The number of aromatic nitrogens is 1. The monoisotopic (exact) mass is 251 g/mol. The second-order valence-corrected chi connectivity index (χ2v) is 5.40. The van der Waals surface area contributed by atoms with Crippen molar-refractivity contribution in [1.29, 1.82) is 0 Å². The molecule has 0 atom stereocenters. The van der Waals surface area contributed by atoms with Crippen LogP contribution in [0.1, 0.15) is 15.9 Å². The van der Waals surface area contributed by atoms with Crippen LogP contribution >= 0.6 is 23.1 Å². The Kier molecular flexibility index (Phi) is 3.26. The van der Waals surface area contributed by atoms with Crippen molar-refractivity contribution in [1.82, 2.24) is 4.98 Å². The minimum absolute atomic E-state index is 0.350. The molecule has 0 spiro atoms. The van der Waals surface area contributed by atoms with Crippen molar-refractivity contribution < 1.29 is 9.90 Å². The highest BCUT2D eigenvalue weighted by Crippen LogP contribution is 2.30. The Balaban J connectivity index is 2.24. The number of thiazole rings is 1. The number of carboxylic acids is 1. The number of benzene rings is 1. The molecule has 1 N–H and O–H groups in total. The molecule has 0 aliphatic rings. The maximum absolute atomic E-state index is 10.8. The van der Waals surface area contributed by atoms with Gasteiger partial charge < -0.3 is 5.11 Å². The molecule has 0 radical (unpaired) electrons. The first-order valence-corrected chi connectivity index (χ1v) is 6.28. The summed E-state index contributed by atoms with van der Waals surface area (Å²) in [7, 11) is 0. The fourth-order valence-electron chi connectivity index (χ4n) is 1.30. The molecule has 1 aromatic heterocycles. The lowest BCUT2D eigenvalue weighted by atomic mass is 10.1. The van der Waals surface area contributed by atoms with E-state index in [1.54, 1.807) is 42.3 Å². The van der Waals surface area contributed by atoms with Crippen molar-refractivity contribution in [2.75, 3.05) is 0 Å². The molecule has 0 saturated heterocycles. The molecule has 1 aromatic carbocycles. The lowest BCUT2D eigenvalue weighted by Crippen LogP contribution is -1.98. The Labute approximate surface area is 101 Å². The normalized spacial score (nSPS) is 10.3. The molecule has 0 aliphatic heterocycles. The number of carbonyl (C=O) groups is 1. The standard InChI is InChI=1S/C11H9NO2S2/c1-7-6-8(2-3-9(7)10(13)14)16-11-12-4-5-15-11/h2-6H,1H3,(H,13,14). The van der Waals surface area contributed by atoms with Crippen molar-refractivity contribution in [3.8, 4) is 0 Å². The summed E-state index contributed by atoms with van der Waals surface area (Å²) >= 11 is 3.11. The topological polar surface area (TPSA) is 50.2 Å². The Morgan fingerprint density at radius 1 is 1.50 bits per heavy atom. The van der Waals surface area contributed by atoms with Gasteiger partial charge in [0.2, 0.25) is 0 Å². The Hall–Kier alpha value is -1.33. The molecule has 2 aromatic rings. The summed E-state index contributed by atoms with van der Waals surface area (Å²) in [6.07, 6.45) is 1.76. The van der Waals surface area contributed by atoms with Crippen LogP contribution in [0.5, 0.6) is 0 Å². The maximum Gasteiger partial charge on any atom is 0.335 e. The number of aryl methyl sites for hydroxylation is 1. The van der Waals surface area contributed by atoms with Crippen molar-refractivity contribution in [2.24, 2.45) is 0 Å². The van der Waals surface area contributed by atoms with Crippen LogP contribution in [0, 0.1) is 6.92 Å². The predicted octanol–water partition coefficient (Wildman–Crippen LogP) is 3.30. The van der Waals surface area contributed by atoms with E-state index in [0.29, 0.717) is 5.56 Å². The van der Waals surface area contributed by atoms with Gasteiger partial charge in [-0.2, -0.15) is 0 Å². The average molecular weight is 251 g/mol. The van der Waals surface area contributed by atoms with Crippen LogP contribution in [0.15, 0.2) is 39.0 Å². The summed E-state index contributed by atoms with van der Waals surface area (Å²) in [6, 6.07) is 5.31. The van der Waals surface area contributed by atoms with Gasteiger partial charge in [-0.1, -0.05) is 11.8 Å². The number of carboxylic acid groups (broad SMARTS) is 1. The third kappa shape index (κ3) is 2.43. The fourth-order valence-corrected chi connectivity index (χ4v) is 3.00. The minimum Gasteiger partial charge on any atom is -0.478 e. The van der Waals surface area contributed by atoms with Crippen LogP contribution in [-0.4, -0.2) is 16.1 Å². The van der Waals surface area contributed by atoms with E-state index in [0.717, 1.165) is 14.8 Å². The first-order valence-electron chi connectivity index (χ1n) is 4.58. The molecule has 3 nitrogen and oxygen atoms in total. The SMILES string of the molecule is Cc1cc(Sc2nccs2)ccc1C(=O)O. The number of nitrogens with zero attached hydrogens (tertiary/aromatic N) is 1. The molecule has 0 saturated carbocycles. The fraction of sp³-hybridized carbons (Fsp3) is 0.0909. The zero-order valence-corrected chi connectivity index (χ0v) is 10.1. The van der Waals surface area contributed by atoms with Gasteiger partial charge in [-0.25, -0.2) is 9.78 Å². The van der Waals surface area contributed by atoms with E-state index in [9.17, 15) is 4.79 Å². The van der Waals surface area contributed by atoms with Gasteiger partial charge in [0.1, 0.15) is 0 Å². The van der Waals surface area contributed by atoms with Gasteiger partial charge in [-0.15, -0.1) is 11.3 Å². The number of hydrogen-bond donors (Lipinski definition) is 1. The lowest BCUT2D eigenvalue weighted by molar-refractivity contribution is 0.0696. The highest BCUT2D eigenvalue weighted by Gasteiger charge is 2.08. The third-order valence-corrected chi connectivity index (χ3v) is 3.92. The van der Waals surface area contributed by atoms with Crippen molar-refractivity contribution in [3.63, 3.8) is 0 Å². The van der Waals surface area contributed by atoms with Crippen LogP contribution < -0.4 is 0 Å². The van der Waals surface area contributed by atoms with Gasteiger partial charge in [0.15, 0.2) is 4.34 Å².